The molecule has 0 bridgehead atoms. The molecule has 0 heterocycles. The molecule has 0 spiro atoms. The van der Waals surface area contributed by atoms with E-state index in [2.05, 4.69) is 0 Å². The topological polar surface area (TPSA) is 105 Å². The molecule has 0 aliphatic rings. The Morgan fingerprint density at radius 3 is 0.905 bits per heavy atom. The molecule has 0 aromatic heterocycles. The fraction of sp³-hybridized carbons (Fsp3) is 0.882. The normalized spacial score (nSPS) is 17.7. The maximum atomic E-state index is 14.0. The monoisotopic (exact) mass is 598 g/mol. The third-order valence-corrected chi connectivity index (χ3v) is 6.80. The molecule has 3 unspecified atom stereocenters. The van der Waals surface area contributed by atoms with Crippen LogP contribution < -0.4 is 0 Å². The fourth-order valence-corrected chi connectivity index (χ4v) is 5.15. The number of ether oxygens (including phenoxy) is 4. The number of hydrogen-bond acceptors (Lipinski definition) is 8. The number of esters is 4. The van der Waals surface area contributed by atoms with E-state index in [0.29, 0.717) is 6.42 Å². The van der Waals surface area contributed by atoms with Crippen LogP contribution in [0.2, 0.25) is 0 Å². The molecule has 42 heavy (non-hydrogen) atoms. The molecule has 0 saturated carbocycles. The third kappa shape index (κ3) is 13.0. The molecule has 0 amide bonds. The van der Waals surface area contributed by atoms with Gasteiger partial charge in [0.15, 0.2) is 0 Å². The third-order valence-electron chi connectivity index (χ3n) is 6.80. The molecular weight excluding hydrogens is 536 g/mol. The fourth-order valence-electron chi connectivity index (χ4n) is 5.15. The molecule has 0 fully saturated rings. The summed E-state index contributed by atoms with van der Waals surface area (Å²) in [5.41, 5.74) is -7.90. The molecule has 0 saturated heterocycles. The van der Waals surface area contributed by atoms with Crippen molar-refractivity contribution in [3.63, 3.8) is 0 Å². The van der Waals surface area contributed by atoms with Crippen LogP contribution in [0.4, 0.5) is 0 Å². The SMILES string of the molecule is CCC(C)(CC(C)(CC(C)(CC(C)(C)C(=O)OC(C)(C)C)C(=O)OC(C)(C)C)C(=O)OC(C)(C)C)C(=O)OC(C)(C)C. The maximum Gasteiger partial charge on any atom is 0.312 e. The highest BCUT2D eigenvalue weighted by molar-refractivity contribution is 5.84. The van der Waals surface area contributed by atoms with E-state index in [9.17, 15) is 19.2 Å². The van der Waals surface area contributed by atoms with Crippen molar-refractivity contribution in [2.75, 3.05) is 0 Å². The highest BCUT2D eigenvalue weighted by Gasteiger charge is 2.54. The quantitative estimate of drug-likeness (QED) is 0.174. The number of carbonyl (C=O) groups is 4. The van der Waals surface area contributed by atoms with Crippen LogP contribution in [0.1, 0.15) is 150 Å². The Morgan fingerprint density at radius 1 is 0.381 bits per heavy atom. The Morgan fingerprint density at radius 2 is 0.619 bits per heavy atom. The highest BCUT2D eigenvalue weighted by Crippen LogP contribution is 2.50. The lowest BCUT2D eigenvalue weighted by molar-refractivity contribution is -0.183. The van der Waals surface area contributed by atoms with Gasteiger partial charge in [0.05, 0.1) is 21.7 Å². The molecule has 0 rings (SSSR count). The van der Waals surface area contributed by atoms with Crippen LogP contribution in [-0.2, 0) is 38.1 Å². The zero-order valence-electron chi connectivity index (χ0n) is 30.1. The summed E-state index contributed by atoms with van der Waals surface area (Å²) in [6, 6.07) is 0. The predicted octanol–water partition coefficient (Wildman–Crippen LogP) is 7.98. The number of rotatable bonds is 11. The van der Waals surface area contributed by atoms with Gasteiger partial charge in [-0.15, -0.1) is 0 Å². The summed E-state index contributed by atoms with van der Waals surface area (Å²) in [5, 5.41) is 0. The first kappa shape index (κ1) is 39.9. The molecule has 8 heteroatoms. The van der Waals surface area contributed by atoms with E-state index in [1.807, 2.05) is 6.92 Å². The van der Waals surface area contributed by atoms with Crippen LogP contribution in [-0.4, -0.2) is 46.3 Å². The van der Waals surface area contributed by atoms with Gasteiger partial charge in [-0.05, 0) is 143 Å². The first-order chi connectivity index (χ1) is 18.2. The second-order valence-corrected chi connectivity index (χ2v) is 17.5. The largest absolute Gasteiger partial charge is 0.460 e. The van der Waals surface area contributed by atoms with Gasteiger partial charge in [-0.25, -0.2) is 0 Å². The average molecular weight is 599 g/mol. The van der Waals surface area contributed by atoms with Crippen molar-refractivity contribution in [3.05, 3.63) is 0 Å². The van der Waals surface area contributed by atoms with Crippen LogP contribution in [0.3, 0.4) is 0 Å². The molecule has 0 aromatic rings. The first-order valence-electron chi connectivity index (χ1n) is 15.1. The van der Waals surface area contributed by atoms with Crippen molar-refractivity contribution >= 4 is 23.9 Å². The minimum Gasteiger partial charge on any atom is -0.460 e. The minimum atomic E-state index is -1.33. The Labute approximate surface area is 256 Å². The van der Waals surface area contributed by atoms with Crippen LogP contribution in [0, 0.1) is 21.7 Å². The summed E-state index contributed by atoms with van der Waals surface area (Å²) in [6.07, 6.45) is 0.463. The van der Waals surface area contributed by atoms with Crippen LogP contribution in [0.25, 0.3) is 0 Å². The van der Waals surface area contributed by atoms with Crippen molar-refractivity contribution in [2.24, 2.45) is 21.7 Å². The molecule has 0 radical (unpaired) electrons. The highest BCUT2D eigenvalue weighted by atomic mass is 16.6. The lowest BCUT2D eigenvalue weighted by Crippen LogP contribution is -2.49. The lowest BCUT2D eigenvalue weighted by Gasteiger charge is -2.44. The summed E-state index contributed by atoms with van der Waals surface area (Å²) in [6.45, 7) is 31.9. The van der Waals surface area contributed by atoms with Crippen molar-refractivity contribution in [3.8, 4) is 0 Å². The average Bonchev–Trinajstić information content (AvgIpc) is 2.67. The van der Waals surface area contributed by atoms with Gasteiger partial charge in [0.1, 0.15) is 22.4 Å². The van der Waals surface area contributed by atoms with Gasteiger partial charge in [-0.3, -0.25) is 19.2 Å². The van der Waals surface area contributed by atoms with E-state index in [-0.39, 0.29) is 19.3 Å². The van der Waals surface area contributed by atoms with E-state index < -0.39 is 67.9 Å². The van der Waals surface area contributed by atoms with Gasteiger partial charge in [0.25, 0.3) is 0 Å². The lowest BCUT2D eigenvalue weighted by atomic mass is 9.61. The molecule has 0 aromatic carbocycles. The van der Waals surface area contributed by atoms with E-state index in [4.69, 9.17) is 18.9 Å². The predicted molar refractivity (Wildman–Crippen MR) is 166 cm³/mol. The molecule has 246 valence electrons. The summed E-state index contributed by atoms with van der Waals surface area (Å²) in [7, 11) is 0. The summed E-state index contributed by atoms with van der Waals surface area (Å²) in [5.74, 6) is -1.98. The van der Waals surface area contributed by atoms with Crippen molar-refractivity contribution in [2.45, 2.75) is 173 Å². The van der Waals surface area contributed by atoms with Gasteiger partial charge in [-0.2, -0.15) is 0 Å². The molecule has 0 aliphatic heterocycles. The molecular formula is C34H62O8. The zero-order valence-corrected chi connectivity index (χ0v) is 30.1. The van der Waals surface area contributed by atoms with Crippen LogP contribution in [0.5, 0.6) is 0 Å². The van der Waals surface area contributed by atoms with Crippen LogP contribution in [0.15, 0.2) is 0 Å². The summed E-state index contributed by atoms with van der Waals surface area (Å²) < 4.78 is 23.3. The van der Waals surface area contributed by atoms with E-state index in [0.717, 1.165) is 0 Å². The smallest absolute Gasteiger partial charge is 0.312 e. The van der Waals surface area contributed by atoms with Gasteiger partial charge in [-0.1, -0.05) is 6.92 Å². The van der Waals surface area contributed by atoms with Gasteiger partial charge >= 0.3 is 23.9 Å². The standard InChI is InChI=1S/C34H62O8/c1-19-32(16,24(36)40-28(5,6)7)21-34(18,26(38)42-30(11,12)13)22-33(17,25(37)41-29(8,9)10)20-31(14,15)23(35)39-27(2,3)4/h19-22H2,1-18H3. The van der Waals surface area contributed by atoms with E-state index in [1.54, 1.807) is 118 Å². The van der Waals surface area contributed by atoms with Gasteiger partial charge < -0.3 is 18.9 Å². The molecule has 0 N–H and O–H groups in total. The van der Waals surface area contributed by atoms with Crippen molar-refractivity contribution in [1.29, 1.82) is 0 Å². The van der Waals surface area contributed by atoms with E-state index in [1.165, 1.54) is 0 Å². The minimum absolute atomic E-state index is 0.0333. The van der Waals surface area contributed by atoms with Crippen LogP contribution >= 0.6 is 0 Å². The van der Waals surface area contributed by atoms with Gasteiger partial charge in [0.2, 0.25) is 0 Å². The second kappa shape index (κ2) is 12.9. The summed E-state index contributed by atoms with van der Waals surface area (Å²) >= 11 is 0. The second-order valence-electron chi connectivity index (χ2n) is 17.5. The maximum absolute atomic E-state index is 14.0. The number of hydrogen-bond donors (Lipinski definition) is 0. The van der Waals surface area contributed by atoms with E-state index >= 15 is 0 Å². The van der Waals surface area contributed by atoms with Crippen molar-refractivity contribution in [1.82, 2.24) is 0 Å². The molecule has 0 aliphatic carbocycles. The Kier molecular flexibility index (Phi) is 12.2. The summed E-state index contributed by atoms with van der Waals surface area (Å²) in [4.78, 5) is 54.9. The Hall–Kier alpha value is -2.12. The first-order valence-corrected chi connectivity index (χ1v) is 15.1. The molecule has 3 atom stereocenters. The zero-order chi connectivity index (χ0) is 34.0. The van der Waals surface area contributed by atoms with Gasteiger partial charge in [0, 0.05) is 0 Å². The number of carbonyl (C=O) groups excluding carboxylic acids is 4. The Bertz CT molecular complexity index is 983. The Balaban J connectivity index is 7.09. The molecule has 8 nitrogen and oxygen atoms in total. The van der Waals surface area contributed by atoms with Crippen molar-refractivity contribution < 1.29 is 38.1 Å².